The number of fused-ring (bicyclic) bond motifs is 1. The summed E-state index contributed by atoms with van der Waals surface area (Å²) in [6.45, 7) is 10.4. The number of benzene rings is 2. The van der Waals surface area contributed by atoms with Crippen molar-refractivity contribution in [3.05, 3.63) is 83.0 Å². The molecule has 0 aromatic heterocycles. The zero-order valence-electron chi connectivity index (χ0n) is 22.5. The van der Waals surface area contributed by atoms with Crippen LogP contribution in [0.1, 0.15) is 82.4 Å². The first-order chi connectivity index (χ1) is 17.6. The first-order valence-corrected chi connectivity index (χ1v) is 14.0. The predicted molar refractivity (Wildman–Crippen MR) is 151 cm³/mol. The average molecular weight is 486 g/mol. The van der Waals surface area contributed by atoms with E-state index in [1.807, 2.05) is 26.0 Å². The Kier molecular flexibility index (Phi) is 8.39. The molecule has 5 rings (SSSR count). The maximum Gasteiger partial charge on any atom is 0.123 e. The summed E-state index contributed by atoms with van der Waals surface area (Å²) >= 11 is 0. The maximum atomic E-state index is 11.0. The molecule has 192 valence electrons. The van der Waals surface area contributed by atoms with E-state index in [-0.39, 0.29) is 0 Å². The first kappa shape index (κ1) is 26.3. The zero-order valence-corrected chi connectivity index (χ0v) is 22.5. The minimum Gasteiger partial charge on any atom is -0.508 e. The quantitative estimate of drug-likeness (QED) is 0.346. The molecule has 0 amide bonds. The van der Waals surface area contributed by atoms with Crippen molar-refractivity contribution in [2.24, 2.45) is 17.3 Å². The second-order valence-electron chi connectivity index (χ2n) is 10.7. The summed E-state index contributed by atoms with van der Waals surface area (Å²) in [6.07, 6.45) is 14.5. The Balaban J connectivity index is 0.00000148. The maximum absolute atomic E-state index is 11.0. The minimum absolute atomic E-state index is 0.292. The number of allylic oxidation sites excluding steroid dienone is 4. The third-order valence-electron chi connectivity index (χ3n) is 8.73. The lowest BCUT2D eigenvalue weighted by Crippen LogP contribution is -2.47. The molecular weight excluding hydrogens is 442 g/mol. The van der Waals surface area contributed by atoms with Gasteiger partial charge in [0.1, 0.15) is 12.0 Å². The van der Waals surface area contributed by atoms with Gasteiger partial charge < -0.3 is 14.8 Å². The monoisotopic (exact) mass is 485 g/mol. The van der Waals surface area contributed by atoms with Gasteiger partial charge in [-0.15, -0.1) is 0 Å². The second-order valence-corrected chi connectivity index (χ2v) is 10.7. The van der Waals surface area contributed by atoms with Gasteiger partial charge in [-0.1, -0.05) is 50.3 Å². The summed E-state index contributed by atoms with van der Waals surface area (Å²) < 4.78 is 0. The Bertz CT molecular complexity index is 1080. The number of nitrogens with zero attached hydrogens (tertiary/aromatic N) is 1. The van der Waals surface area contributed by atoms with Crippen LogP contribution in [0.4, 0.5) is 5.69 Å². The molecule has 1 saturated heterocycles. The molecule has 36 heavy (non-hydrogen) atoms. The van der Waals surface area contributed by atoms with Gasteiger partial charge in [0, 0.05) is 30.6 Å². The molecule has 1 heterocycles. The third-order valence-corrected chi connectivity index (χ3v) is 8.73. The third kappa shape index (κ3) is 5.16. The van der Waals surface area contributed by atoms with Crippen LogP contribution in [-0.2, 0) is 11.2 Å². The van der Waals surface area contributed by atoms with E-state index in [0.29, 0.717) is 28.9 Å². The van der Waals surface area contributed by atoms with Gasteiger partial charge in [-0.2, -0.15) is 0 Å². The van der Waals surface area contributed by atoms with Crippen LogP contribution >= 0.6 is 0 Å². The summed E-state index contributed by atoms with van der Waals surface area (Å²) in [5.41, 5.74) is 7.11. The number of carbonyl (C=O) groups excluding carboxylic acids is 1. The summed E-state index contributed by atoms with van der Waals surface area (Å²) in [6, 6.07) is 15.2. The largest absolute Gasteiger partial charge is 0.508 e. The van der Waals surface area contributed by atoms with Gasteiger partial charge in [-0.25, -0.2) is 0 Å². The highest BCUT2D eigenvalue weighted by Crippen LogP contribution is 2.52. The summed E-state index contributed by atoms with van der Waals surface area (Å²) in [4.78, 5) is 13.6. The number of hydrogen-bond donors (Lipinski definition) is 1. The Morgan fingerprint density at radius 2 is 1.72 bits per heavy atom. The molecule has 2 fully saturated rings. The van der Waals surface area contributed by atoms with E-state index in [1.54, 1.807) is 0 Å². The molecule has 2 aliphatic carbocycles. The van der Waals surface area contributed by atoms with Crippen molar-refractivity contribution in [2.75, 3.05) is 18.0 Å². The molecule has 1 aliphatic heterocycles. The molecule has 2 unspecified atom stereocenters. The van der Waals surface area contributed by atoms with Gasteiger partial charge in [0.25, 0.3) is 0 Å². The van der Waals surface area contributed by atoms with E-state index in [0.717, 1.165) is 45.1 Å². The topological polar surface area (TPSA) is 40.5 Å². The van der Waals surface area contributed by atoms with E-state index < -0.39 is 0 Å². The highest BCUT2D eigenvalue weighted by atomic mass is 16.3. The molecule has 2 aromatic rings. The van der Waals surface area contributed by atoms with E-state index >= 15 is 0 Å². The van der Waals surface area contributed by atoms with Crippen LogP contribution < -0.4 is 4.90 Å². The van der Waals surface area contributed by atoms with Gasteiger partial charge in [-0.05, 0) is 110 Å². The fourth-order valence-corrected chi connectivity index (χ4v) is 6.89. The summed E-state index contributed by atoms with van der Waals surface area (Å²) in [5.74, 6) is 1.40. The summed E-state index contributed by atoms with van der Waals surface area (Å²) in [5, 5.41) is 10.1. The lowest BCUT2D eigenvalue weighted by atomic mass is 9.58. The lowest BCUT2D eigenvalue weighted by Gasteiger charge is -2.51. The van der Waals surface area contributed by atoms with Crippen LogP contribution in [0.2, 0.25) is 0 Å². The average Bonchev–Trinajstić information content (AvgIpc) is 2.91. The van der Waals surface area contributed by atoms with Crippen molar-refractivity contribution in [2.45, 2.75) is 72.1 Å². The predicted octanol–water partition coefficient (Wildman–Crippen LogP) is 7.83. The molecule has 1 spiro atoms. The highest BCUT2D eigenvalue weighted by molar-refractivity contribution is 5.56. The van der Waals surface area contributed by atoms with Crippen LogP contribution in [-0.4, -0.2) is 24.5 Å². The Morgan fingerprint density at radius 3 is 2.33 bits per heavy atom. The number of aromatic hydroxyl groups is 1. The van der Waals surface area contributed by atoms with Gasteiger partial charge in [0.05, 0.1) is 0 Å². The highest BCUT2D eigenvalue weighted by Gasteiger charge is 2.45. The van der Waals surface area contributed by atoms with E-state index in [2.05, 4.69) is 67.3 Å². The van der Waals surface area contributed by atoms with Crippen LogP contribution in [0, 0.1) is 17.3 Å². The van der Waals surface area contributed by atoms with Gasteiger partial charge in [0.15, 0.2) is 0 Å². The van der Waals surface area contributed by atoms with Crippen molar-refractivity contribution in [1.29, 1.82) is 0 Å². The SMILES string of the molecule is C/C=C\C(=C/C)C1CCc2cc(O)ccc2C1c1ccc(N2CCC3(CC2)CC(C=O)C3)cc1.CC. The molecule has 1 N–H and O–H groups in total. The Hall–Kier alpha value is -2.81. The normalized spacial score (nSPS) is 23.6. The van der Waals surface area contributed by atoms with Crippen molar-refractivity contribution >= 4 is 12.0 Å². The molecule has 0 bridgehead atoms. The van der Waals surface area contributed by atoms with Crippen LogP contribution in [0.5, 0.6) is 5.75 Å². The van der Waals surface area contributed by atoms with Crippen molar-refractivity contribution in [3.8, 4) is 5.75 Å². The fourth-order valence-electron chi connectivity index (χ4n) is 6.89. The first-order valence-electron chi connectivity index (χ1n) is 14.0. The van der Waals surface area contributed by atoms with Gasteiger partial charge >= 0.3 is 0 Å². The number of aryl methyl sites for hydroxylation is 1. The number of piperidine rings is 1. The molecule has 1 saturated carbocycles. The number of anilines is 1. The Labute approximate surface area is 217 Å². The van der Waals surface area contributed by atoms with E-state index in [1.165, 1.54) is 40.8 Å². The second kappa shape index (κ2) is 11.5. The zero-order chi connectivity index (χ0) is 25.7. The van der Waals surface area contributed by atoms with Crippen LogP contribution in [0.3, 0.4) is 0 Å². The molecule has 3 nitrogen and oxygen atoms in total. The molecule has 3 aliphatic rings. The molecule has 3 heteroatoms. The number of rotatable bonds is 5. The van der Waals surface area contributed by atoms with Crippen molar-refractivity contribution < 1.29 is 9.90 Å². The van der Waals surface area contributed by atoms with E-state index in [9.17, 15) is 9.90 Å². The molecular formula is C33H43NO2. The van der Waals surface area contributed by atoms with Crippen molar-refractivity contribution in [3.63, 3.8) is 0 Å². The minimum atomic E-state index is 0.292. The number of carbonyl (C=O) groups is 1. The lowest BCUT2D eigenvalue weighted by molar-refractivity contribution is -0.118. The Morgan fingerprint density at radius 1 is 1.03 bits per heavy atom. The molecule has 2 atom stereocenters. The van der Waals surface area contributed by atoms with E-state index in [4.69, 9.17) is 0 Å². The molecule has 0 radical (unpaired) electrons. The van der Waals surface area contributed by atoms with Crippen LogP contribution in [0.25, 0.3) is 0 Å². The summed E-state index contributed by atoms with van der Waals surface area (Å²) in [7, 11) is 0. The smallest absolute Gasteiger partial charge is 0.123 e. The number of phenols is 1. The van der Waals surface area contributed by atoms with Crippen LogP contribution in [0.15, 0.2) is 66.3 Å². The van der Waals surface area contributed by atoms with Crippen molar-refractivity contribution in [1.82, 2.24) is 0 Å². The van der Waals surface area contributed by atoms with Gasteiger partial charge in [0.2, 0.25) is 0 Å². The van der Waals surface area contributed by atoms with Gasteiger partial charge in [-0.3, -0.25) is 0 Å². The number of phenolic OH excluding ortho intramolecular Hbond substituents is 1. The number of aldehydes is 1. The standard InChI is InChI=1S/C31H37NO2.C2H6/c1-3-5-23(4-2)28-12-8-25-18-27(34)11-13-29(25)30(28)24-6-9-26(10-7-24)32-16-14-31(15-17-32)19-22(20-31)21-33;1-2/h3-7,9-11,13,18,21-22,28,30,34H,8,12,14-17,19-20H2,1-2H3;1-2H3/b5-3-,23-4+;. The fraction of sp³-hybridized carbons (Fsp3) is 0.485. The number of hydrogen-bond acceptors (Lipinski definition) is 3. The molecule has 2 aromatic carbocycles.